The van der Waals surface area contributed by atoms with Crippen molar-refractivity contribution in [2.75, 3.05) is 48.8 Å². The molecule has 1 aromatic heterocycles. The second-order valence-corrected chi connectivity index (χ2v) is 9.46. The first-order valence-corrected chi connectivity index (χ1v) is 12.0. The van der Waals surface area contributed by atoms with Crippen molar-refractivity contribution in [3.05, 3.63) is 70.8 Å². The van der Waals surface area contributed by atoms with Crippen molar-refractivity contribution in [1.82, 2.24) is 14.9 Å². The van der Waals surface area contributed by atoms with Crippen LogP contribution < -0.4 is 21.3 Å². The number of hydrogen-bond donors (Lipinski definition) is 3. The number of aromatic nitrogens is 2. The number of nitrogens with zero attached hydrogens (tertiary/aromatic N) is 4. The highest BCUT2D eigenvalue weighted by molar-refractivity contribution is 8.04. The minimum atomic E-state index is -0.492. The molecule has 9 nitrogen and oxygen atoms in total. The van der Waals surface area contributed by atoms with Gasteiger partial charge in [-0.15, -0.1) is 0 Å². The lowest BCUT2D eigenvalue weighted by Gasteiger charge is -2.34. The Bertz CT molecular complexity index is 1280. The summed E-state index contributed by atoms with van der Waals surface area (Å²) in [5, 5.41) is 6.73. The number of thioether (sulfide) groups is 1. The van der Waals surface area contributed by atoms with E-state index in [4.69, 9.17) is 5.73 Å². The van der Waals surface area contributed by atoms with Crippen molar-refractivity contribution < 1.29 is 9.59 Å². The van der Waals surface area contributed by atoms with Crippen LogP contribution in [0.4, 0.5) is 23.0 Å². The largest absolute Gasteiger partial charge is 0.369 e. The molecule has 178 valence electrons. The van der Waals surface area contributed by atoms with Crippen LogP contribution in [-0.2, 0) is 4.79 Å². The number of likely N-dealkylation sites (N-methyl/N-ethyl adjacent to an activating group) is 1. The Kier molecular flexibility index (Phi) is 6.39. The van der Waals surface area contributed by atoms with E-state index in [1.54, 1.807) is 36.5 Å². The summed E-state index contributed by atoms with van der Waals surface area (Å²) in [7, 11) is 2.15. The van der Waals surface area contributed by atoms with Gasteiger partial charge in [0.1, 0.15) is 5.03 Å². The number of amides is 2. The van der Waals surface area contributed by atoms with Crippen molar-refractivity contribution in [3.63, 3.8) is 0 Å². The molecule has 0 saturated carbocycles. The van der Waals surface area contributed by atoms with Crippen molar-refractivity contribution in [3.8, 4) is 0 Å². The summed E-state index contributed by atoms with van der Waals surface area (Å²) >= 11 is 1.27. The number of rotatable bonds is 5. The Morgan fingerprint density at radius 3 is 2.49 bits per heavy atom. The Hall–Kier alpha value is -3.89. The van der Waals surface area contributed by atoms with Gasteiger partial charge in [0, 0.05) is 43.1 Å². The molecular weight excluding hydrogens is 462 g/mol. The van der Waals surface area contributed by atoms with E-state index in [-0.39, 0.29) is 5.91 Å². The standard InChI is InChI=1S/C25H25N7O2S/c1-31-10-12-32(13-11-31)19-8-6-18(7-9-19)28-25-27-15-20-24(30-25)35-21(23(34)29-20)14-16-2-4-17(5-3-16)22(26)33/h2-9,14-15H,10-13H2,1H3,(H2,26,33)(H,29,34)(H,27,28,30)/b21-14+. The maximum Gasteiger partial charge on any atom is 0.262 e. The van der Waals surface area contributed by atoms with Crippen LogP contribution in [0.2, 0.25) is 0 Å². The Morgan fingerprint density at radius 2 is 1.80 bits per heavy atom. The van der Waals surface area contributed by atoms with Crippen molar-refractivity contribution in [2.24, 2.45) is 5.73 Å². The SMILES string of the molecule is CN1CCN(c2ccc(Nc3ncc4c(n3)S/C(=C/c3ccc(C(N)=O)cc3)C(=O)N4)cc2)CC1. The molecule has 0 spiro atoms. The van der Waals surface area contributed by atoms with Crippen LogP contribution in [0.1, 0.15) is 15.9 Å². The second kappa shape index (κ2) is 9.77. The predicted molar refractivity (Wildman–Crippen MR) is 139 cm³/mol. The van der Waals surface area contributed by atoms with E-state index < -0.39 is 5.91 Å². The van der Waals surface area contributed by atoms with Crippen LogP contribution in [0.15, 0.2) is 64.7 Å². The Morgan fingerprint density at radius 1 is 1.09 bits per heavy atom. The van der Waals surface area contributed by atoms with Crippen molar-refractivity contribution in [1.29, 1.82) is 0 Å². The molecule has 1 saturated heterocycles. The number of anilines is 4. The van der Waals surface area contributed by atoms with Gasteiger partial charge in [0.25, 0.3) is 5.91 Å². The number of carbonyl (C=O) groups is 2. The highest BCUT2D eigenvalue weighted by Crippen LogP contribution is 2.38. The third-order valence-electron chi connectivity index (χ3n) is 5.92. The van der Waals surface area contributed by atoms with Crippen LogP contribution in [0, 0.1) is 0 Å². The molecule has 2 aliphatic heterocycles. The average molecular weight is 488 g/mol. The molecule has 5 rings (SSSR count). The third kappa shape index (κ3) is 5.28. The fraction of sp³-hybridized carbons (Fsp3) is 0.200. The fourth-order valence-corrected chi connectivity index (χ4v) is 4.76. The molecule has 10 heteroatoms. The monoisotopic (exact) mass is 487 g/mol. The van der Waals surface area contributed by atoms with Gasteiger partial charge in [-0.25, -0.2) is 9.97 Å². The molecule has 2 amide bonds. The van der Waals surface area contributed by atoms with Gasteiger partial charge in [0.2, 0.25) is 11.9 Å². The molecule has 35 heavy (non-hydrogen) atoms. The minimum absolute atomic E-state index is 0.231. The van der Waals surface area contributed by atoms with Crippen molar-refractivity contribution >= 4 is 52.7 Å². The molecule has 0 unspecified atom stereocenters. The molecular formula is C25H25N7O2S. The summed E-state index contributed by atoms with van der Waals surface area (Å²) in [6.45, 7) is 4.16. The summed E-state index contributed by atoms with van der Waals surface area (Å²) in [4.78, 5) is 38.0. The lowest BCUT2D eigenvalue weighted by molar-refractivity contribution is -0.112. The number of nitrogens with one attached hydrogen (secondary N) is 2. The van der Waals surface area contributed by atoms with Gasteiger partial charge >= 0.3 is 0 Å². The van der Waals surface area contributed by atoms with E-state index in [0.717, 1.165) is 37.4 Å². The smallest absolute Gasteiger partial charge is 0.262 e. The molecule has 3 heterocycles. The number of benzene rings is 2. The zero-order valence-corrected chi connectivity index (χ0v) is 20.0. The number of primary amides is 1. The first-order valence-electron chi connectivity index (χ1n) is 11.2. The molecule has 0 atom stereocenters. The van der Waals surface area contributed by atoms with Gasteiger partial charge in [0.15, 0.2) is 0 Å². The molecule has 2 aromatic carbocycles. The quantitative estimate of drug-likeness (QED) is 0.371. The van der Waals surface area contributed by atoms with E-state index in [0.29, 0.717) is 27.1 Å². The molecule has 2 aliphatic rings. The predicted octanol–water partition coefficient (Wildman–Crippen LogP) is 3.16. The molecule has 0 aliphatic carbocycles. The molecule has 0 radical (unpaired) electrons. The Balaban J connectivity index is 1.29. The van der Waals surface area contributed by atoms with Gasteiger partial charge in [-0.2, -0.15) is 0 Å². The molecule has 3 aromatic rings. The maximum absolute atomic E-state index is 12.5. The lowest BCUT2D eigenvalue weighted by atomic mass is 10.1. The average Bonchev–Trinajstić information content (AvgIpc) is 2.86. The fourth-order valence-electron chi connectivity index (χ4n) is 3.86. The van der Waals surface area contributed by atoms with Gasteiger partial charge < -0.3 is 26.2 Å². The van der Waals surface area contributed by atoms with E-state index in [1.807, 2.05) is 12.1 Å². The molecule has 0 bridgehead atoms. The van der Waals surface area contributed by atoms with Gasteiger partial charge in [-0.05, 0) is 55.1 Å². The number of piperazine rings is 1. The summed E-state index contributed by atoms with van der Waals surface area (Å²) < 4.78 is 0. The number of nitrogens with two attached hydrogens (primary N) is 1. The van der Waals surface area contributed by atoms with E-state index in [1.165, 1.54) is 17.4 Å². The summed E-state index contributed by atoms with van der Waals surface area (Å²) in [6, 6.07) is 15.0. The number of carbonyl (C=O) groups excluding carboxylic acids is 2. The first-order chi connectivity index (χ1) is 16.9. The highest BCUT2D eigenvalue weighted by Gasteiger charge is 2.23. The van der Waals surface area contributed by atoms with Crippen LogP contribution in [0.3, 0.4) is 0 Å². The maximum atomic E-state index is 12.5. The summed E-state index contributed by atoms with van der Waals surface area (Å²) in [5.41, 5.74) is 9.14. The normalized spacial score (nSPS) is 17.1. The van der Waals surface area contributed by atoms with E-state index in [9.17, 15) is 9.59 Å². The summed E-state index contributed by atoms with van der Waals surface area (Å²) in [6.07, 6.45) is 3.35. The molecule has 4 N–H and O–H groups in total. The zero-order valence-electron chi connectivity index (χ0n) is 19.2. The minimum Gasteiger partial charge on any atom is -0.369 e. The first kappa shape index (κ1) is 22.9. The lowest BCUT2D eigenvalue weighted by Crippen LogP contribution is -2.44. The second-order valence-electron chi connectivity index (χ2n) is 8.43. The number of hydrogen-bond acceptors (Lipinski definition) is 8. The molecule has 1 fully saturated rings. The third-order valence-corrected chi connectivity index (χ3v) is 6.94. The Labute approximate surface area is 207 Å². The highest BCUT2D eigenvalue weighted by atomic mass is 32.2. The van der Waals surface area contributed by atoms with E-state index in [2.05, 4.69) is 49.6 Å². The van der Waals surface area contributed by atoms with Crippen LogP contribution in [0.25, 0.3) is 6.08 Å². The van der Waals surface area contributed by atoms with Crippen LogP contribution in [-0.4, -0.2) is 59.9 Å². The van der Waals surface area contributed by atoms with Crippen LogP contribution in [0.5, 0.6) is 0 Å². The topological polar surface area (TPSA) is 116 Å². The van der Waals surface area contributed by atoms with Crippen molar-refractivity contribution in [2.45, 2.75) is 5.03 Å². The van der Waals surface area contributed by atoms with Crippen LogP contribution >= 0.6 is 11.8 Å². The van der Waals surface area contributed by atoms with Gasteiger partial charge in [0.05, 0.1) is 16.8 Å². The van der Waals surface area contributed by atoms with E-state index >= 15 is 0 Å². The number of fused-ring (bicyclic) bond motifs is 1. The zero-order chi connectivity index (χ0) is 24.4. The van der Waals surface area contributed by atoms with Gasteiger partial charge in [-0.1, -0.05) is 23.9 Å². The summed E-state index contributed by atoms with van der Waals surface area (Å²) in [5.74, 6) is -0.274. The van der Waals surface area contributed by atoms with Gasteiger partial charge in [-0.3, -0.25) is 9.59 Å².